The van der Waals surface area contributed by atoms with E-state index in [-0.39, 0.29) is 18.4 Å². The van der Waals surface area contributed by atoms with E-state index in [1.807, 2.05) is 0 Å². The lowest BCUT2D eigenvalue weighted by Gasteiger charge is -2.09. The van der Waals surface area contributed by atoms with Gasteiger partial charge in [0.1, 0.15) is 6.61 Å². The van der Waals surface area contributed by atoms with E-state index in [9.17, 15) is 9.59 Å². The smallest absolute Gasteiger partial charge is 0.245 e. The Morgan fingerprint density at radius 2 is 1.46 bits per heavy atom. The van der Waals surface area contributed by atoms with Crippen LogP contribution in [0.4, 0.5) is 0 Å². The predicted molar refractivity (Wildman–Crippen MR) is 113 cm³/mol. The molecule has 2 amide bonds. The molecule has 0 heterocycles. The molecule has 0 bridgehead atoms. The summed E-state index contributed by atoms with van der Waals surface area (Å²) in [5.74, 6) is 0.716. The molecule has 166 valence electrons. The Morgan fingerprint density at radius 1 is 0.750 bits per heavy atom. The first-order valence-corrected chi connectivity index (χ1v) is 10.8. The molecular formula is C21H43N3O4. The lowest BCUT2D eigenvalue weighted by molar-refractivity contribution is -0.126. The molecule has 0 aliphatic rings. The van der Waals surface area contributed by atoms with Crippen molar-refractivity contribution in [3.05, 3.63) is 0 Å². The molecule has 0 saturated heterocycles. The zero-order valence-electron chi connectivity index (χ0n) is 18.5. The van der Waals surface area contributed by atoms with Crippen molar-refractivity contribution < 1.29 is 19.1 Å². The first-order chi connectivity index (χ1) is 13.4. The summed E-state index contributed by atoms with van der Waals surface area (Å²) in [6, 6.07) is 0.448. The quantitative estimate of drug-likeness (QED) is 0.289. The van der Waals surface area contributed by atoms with Crippen LogP contribution in [-0.4, -0.2) is 63.9 Å². The minimum atomic E-state index is -0.0805. The van der Waals surface area contributed by atoms with E-state index in [0.717, 1.165) is 31.7 Å². The van der Waals surface area contributed by atoms with Crippen molar-refractivity contribution in [1.82, 2.24) is 16.0 Å². The van der Waals surface area contributed by atoms with Gasteiger partial charge in [-0.2, -0.15) is 0 Å². The van der Waals surface area contributed by atoms with Crippen LogP contribution in [0.15, 0.2) is 0 Å². The first-order valence-electron chi connectivity index (χ1n) is 10.8. The van der Waals surface area contributed by atoms with Gasteiger partial charge in [0.05, 0.1) is 19.8 Å². The predicted octanol–water partition coefficient (Wildman–Crippen LogP) is 2.25. The molecule has 0 unspecified atom stereocenters. The maximum Gasteiger partial charge on any atom is 0.245 e. The van der Waals surface area contributed by atoms with E-state index in [1.54, 1.807) is 0 Å². The number of ether oxygens (including phenoxy) is 2. The zero-order chi connectivity index (χ0) is 21.0. The lowest BCUT2D eigenvalue weighted by Crippen LogP contribution is -2.30. The highest BCUT2D eigenvalue weighted by Crippen LogP contribution is 2.07. The highest BCUT2D eigenvalue weighted by atomic mass is 16.5. The molecule has 3 N–H and O–H groups in total. The number of carbonyl (C=O) groups excluding carboxylic acids is 2. The van der Waals surface area contributed by atoms with Gasteiger partial charge >= 0.3 is 0 Å². The Morgan fingerprint density at radius 3 is 2.18 bits per heavy atom. The van der Waals surface area contributed by atoms with E-state index in [0.29, 0.717) is 45.4 Å². The van der Waals surface area contributed by atoms with Gasteiger partial charge in [0.15, 0.2) is 0 Å². The number of unbranched alkanes of at least 4 members (excludes halogenated alkanes) is 2. The Kier molecular flexibility index (Phi) is 18.3. The van der Waals surface area contributed by atoms with Crippen LogP contribution in [0.2, 0.25) is 0 Å². The molecule has 0 aromatic rings. The lowest BCUT2D eigenvalue weighted by atomic mass is 10.1. The Balaban J connectivity index is 3.29. The van der Waals surface area contributed by atoms with Crippen molar-refractivity contribution in [1.29, 1.82) is 0 Å². The molecule has 0 spiro atoms. The summed E-state index contributed by atoms with van der Waals surface area (Å²) in [5.41, 5.74) is 0. The van der Waals surface area contributed by atoms with Crippen LogP contribution in [0.25, 0.3) is 0 Å². The summed E-state index contributed by atoms with van der Waals surface area (Å²) in [7, 11) is 0. The van der Waals surface area contributed by atoms with Gasteiger partial charge in [-0.25, -0.2) is 0 Å². The van der Waals surface area contributed by atoms with Gasteiger partial charge in [-0.15, -0.1) is 0 Å². The van der Waals surface area contributed by atoms with Crippen LogP contribution >= 0.6 is 0 Å². The van der Waals surface area contributed by atoms with Crippen LogP contribution in [0, 0.1) is 5.92 Å². The van der Waals surface area contributed by atoms with Crippen molar-refractivity contribution in [2.24, 2.45) is 5.92 Å². The van der Waals surface area contributed by atoms with Crippen LogP contribution < -0.4 is 16.0 Å². The normalized spacial score (nSPS) is 11.2. The van der Waals surface area contributed by atoms with Crippen LogP contribution in [-0.2, 0) is 19.1 Å². The topological polar surface area (TPSA) is 88.7 Å². The highest BCUT2D eigenvalue weighted by molar-refractivity contribution is 5.77. The fourth-order valence-corrected chi connectivity index (χ4v) is 2.51. The Labute approximate surface area is 171 Å². The summed E-state index contributed by atoms with van der Waals surface area (Å²) < 4.78 is 10.7. The van der Waals surface area contributed by atoms with Crippen molar-refractivity contribution >= 4 is 11.8 Å². The summed E-state index contributed by atoms with van der Waals surface area (Å²) in [4.78, 5) is 23.2. The summed E-state index contributed by atoms with van der Waals surface area (Å²) in [5, 5.41) is 8.97. The van der Waals surface area contributed by atoms with Crippen molar-refractivity contribution in [3.8, 4) is 0 Å². The average molecular weight is 402 g/mol. The number of hydrogen-bond acceptors (Lipinski definition) is 5. The second-order valence-corrected chi connectivity index (χ2v) is 7.82. The van der Waals surface area contributed by atoms with Gasteiger partial charge in [0.2, 0.25) is 11.8 Å². The van der Waals surface area contributed by atoms with E-state index in [4.69, 9.17) is 9.47 Å². The third-order valence-corrected chi connectivity index (χ3v) is 4.09. The van der Waals surface area contributed by atoms with E-state index < -0.39 is 0 Å². The van der Waals surface area contributed by atoms with Crippen molar-refractivity contribution in [2.45, 2.75) is 72.3 Å². The van der Waals surface area contributed by atoms with E-state index in [2.05, 4.69) is 43.6 Å². The maximum atomic E-state index is 11.6. The van der Waals surface area contributed by atoms with Gasteiger partial charge in [0.25, 0.3) is 0 Å². The average Bonchev–Trinajstić information content (AvgIpc) is 2.63. The molecule has 28 heavy (non-hydrogen) atoms. The molecule has 0 rings (SSSR count). The number of hydrogen-bond donors (Lipinski definition) is 3. The fraction of sp³-hybridized carbons (Fsp3) is 0.905. The molecule has 0 fully saturated rings. The fourth-order valence-electron chi connectivity index (χ4n) is 2.51. The van der Waals surface area contributed by atoms with Gasteiger partial charge in [0, 0.05) is 25.6 Å². The maximum absolute atomic E-state index is 11.6. The van der Waals surface area contributed by atoms with Crippen LogP contribution in [0.5, 0.6) is 0 Å². The monoisotopic (exact) mass is 401 g/mol. The highest BCUT2D eigenvalue weighted by Gasteiger charge is 2.02. The van der Waals surface area contributed by atoms with E-state index in [1.165, 1.54) is 12.8 Å². The van der Waals surface area contributed by atoms with Crippen LogP contribution in [0.1, 0.15) is 66.2 Å². The van der Waals surface area contributed by atoms with Gasteiger partial charge in [-0.1, -0.05) is 47.0 Å². The van der Waals surface area contributed by atoms with Gasteiger partial charge in [-0.3, -0.25) is 9.59 Å². The number of carbonyl (C=O) groups is 2. The minimum Gasteiger partial charge on any atom is -0.377 e. The number of amides is 2. The second-order valence-electron chi connectivity index (χ2n) is 7.82. The molecule has 7 heteroatoms. The summed E-state index contributed by atoms with van der Waals surface area (Å²) in [6.07, 6.45) is 5.99. The Hall–Kier alpha value is -1.18. The van der Waals surface area contributed by atoms with Gasteiger partial charge < -0.3 is 25.4 Å². The molecule has 0 aliphatic heterocycles. The van der Waals surface area contributed by atoms with Crippen LogP contribution in [0.3, 0.4) is 0 Å². The molecule has 0 aromatic carbocycles. The van der Waals surface area contributed by atoms with E-state index >= 15 is 0 Å². The molecule has 0 atom stereocenters. The SMILES string of the molecule is CC(C)CCCCCNC(=O)COCCOCCNC(=O)CCCNC(C)C. The summed E-state index contributed by atoms with van der Waals surface area (Å²) in [6.45, 7) is 12.0. The minimum absolute atomic E-state index is 0.0475. The number of rotatable bonds is 19. The largest absolute Gasteiger partial charge is 0.377 e. The molecule has 0 aromatic heterocycles. The molecule has 7 nitrogen and oxygen atoms in total. The second kappa shape index (κ2) is 19.2. The Bertz CT molecular complexity index is 390. The molecule has 0 saturated carbocycles. The molecular weight excluding hydrogens is 358 g/mol. The van der Waals surface area contributed by atoms with Crippen molar-refractivity contribution in [3.63, 3.8) is 0 Å². The molecule has 0 radical (unpaired) electrons. The van der Waals surface area contributed by atoms with Crippen molar-refractivity contribution in [2.75, 3.05) is 46.1 Å². The van der Waals surface area contributed by atoms with Gasteiger partial charge in [-0.05, 0) is 25.3 Å². The standard InChI is InChI=1S/C21H43N3O4/c1-18(2)9-6-5-7-11-23-21(26)17-28-16-15-27-14-13-24-20(25)10-8-12-22-19(3)4/h18-19,22H,5-17H2,1-4H3,(H,23,26)(H,24,25). The third kappa shape index (κ3) is 21.1. The first kappa shape index (κ1) is 26.8. The molecule has 0 aliphatic carbocycles. The number of nitrogens with one attached hydrogen (secondary N) is 3. The third-order valence-electron chi connectivity index (χ3n) is 4.09. The summed E-state index contributed by atoms with van der Waals surface area (Å²) >= 11 is 0. The zero-order valence-corrected chi connectivity index (χ0v) is 18.5.